The van der Waals surface area contributed by atoms with Crippen LogP contribution in [0.25, 0.3) is 0 Å². The van der Waals surface area contributed by atoms with Crippen molar-refractivity contribution < 1.29 is 4.74 Å². The Labute approximate surface area is 121 Å². The van der Waals surface area contributed by atoms with Crippen LogP contribution in [0.5, 0.6) is 5.75 Å². The highest BCUT2D eigenvalue weighted by atomic mass is 16.5. The summed E-state index contributed by atoms with van der Waals surface area (Å²) < 4.78 is 5.86. The molecular weight excluding hydrogens is 248 g/mol. The van der Waals surface area contributed by atoms with E-state index in [-0.39, 0.29) is 0 Å². The predicted molar refractivity (Wildman–Crippen MR) is 81.8 cm³/mol. The summed E-state index contributed by atoms with van der Waals surface area (Å²) in [6.07, 6.45) is 2.89. The quantitative estimate of drug-likeness (QED) is 0.838. The Morgan fingerprint density at radius 3 is 2.65 bits per heavy atom. The summed E-state index contributed by atoms with van der Waals surface area (Å²) in [6.45, 7) is 6.58. The van der Waals surface area contributed by atoms with E-state index in [1.807, 2.05) is 30.5 Å². The van der Waals surface area contributed by atoms with Crippen molar-refractivity contribution in [3.63, 3.8) is 0 Å². The Morgan fingerprint density at radius 1 is 1.10 bits per heavy atom. The number of aryl methyl sites for hydroxylation is 1. The summed E-state index contributed by atoms with van der Waals surface area (Å²) in [5, 5.41) is 3.29. The standard InChI is InChI=1S/C17H22N2O/c1-3-15-7-5-6-8-17(15)20-13-16-10-9-14(12-19-16)11-18-4-2/h5-10,12,18H,3-4,11,13H2,1-2H3. The van der Waals surface area contributed by atoms with Gasteiger partial charge in [0, 0.05) is 12.7 Å². The lowest BCUT2D eigenvalue weighted by atomic mass is 10.1. The lowest BCUT2D eigenvalue weighted by molar-refractivity contribution is 0.298. The van der Waals surface area contributed by atoms with E-state index in [0.29, 0.717) is 6.61 Å². The second kappa shape index (κ2) is 7.65. The minimum atomic E-state index is 0.512. The van der Waals surface area contributed by atoms with Crippen LogP contribution in [-0.4, -0.2) is 11.5 Å². The number of hydrogen-bond donors (Lipinski definition) is 1. The van der Waals surface area contributed by atoms with Crippen molar-refractivity contribution in [2.24, 2.45) is 0 Å². The van der Waals surface area contributed by atoms with Gasteiger partial charge in [-0.3, -0.25) is 4.98 Å². The molecular formula is C17H22N2O. The van der Waals surface area contributed by atoms with Crippen molar-refractivity contribution in [2.45, 2.75) is 33.4 Å². The molecule has 2 aromatic rings. The highest BCUT2D eigenvalue weighted by Crippen LogP contribution is 2.19. The van der Waals surface area contributed by atoms with Crippen molar-refractivity contribution >= 4 is 0 Å². The van der Waals surface area contributed by atoms with Crippen molar-refractivity contribution in [3.8, 4) is 5.75 Å². The molecule has 0 amide bonds. The zero-order valence-corrected chi connectivity index (χ0v) is 12.2. The maximum absolute atomic E-state index is 5.86. The number of pyridine rings is 1. The van der Waals surface area contributed by atoms with E-state index in [0.717, 1.165) is 31.0 Å². The van der Waals surface area contributed by atoms with Gasteiger partial charge in [0.1, 0.15) is 12.4 Å². The summed E-state index contributed by atoms with van der Waals surface area (Å²) >= 11 is 0. The van der Waals surface area contributed by atoms with Crippen LogP contribution in [0.2, 0.25) is 0 Å². The van der Waals surface area contributed by atoms with E-state index >= 15 is 0 Å². The second-order valence-electron chi connectivity index (χ2n) is 4.69. The van der Waals surface area contributed by atoms with E-state index in [2.05, 4.69) is 36.3 Å². The molecule has 0 saturated carbocycles. The third kappa shape index (κ3) is 4.07. The molecule has 1 heterocycles. The van der Waals surface area contributed by atoms with Gasteiger partial charge < -0.3 is 10.1 Å². The van der Waals surface area contributed by atoms with Crippen LogP contribution in [0.1, 0.15) is 30.7 Å². The average Bonchev–Trinajstić information content (AvgIpc) is 2.52. The van der Waals surface area contributed by atoms with Crippen molar-refractivity contribution in [1.82, 2.24) is 10.3 Å². The molecule has 3 heteroatoms. The van der Waals surface area contributed by atoms with Gasteiger partial charge in [0.05, 0.1) is 5.69 Å². The lowest BCUT2D eigenvalue weighted by Gasteiger charge is -2.10. The minimum Gasteiger partial charge on any atom is -0.487 e. The van der Waals surface area contributed by atoms with Gasteiger partial charge in [0.15, 0.2) is 0 Å². The number of rotatable bonds is 7. The van der Waals surface area contributed by atoms with Crippen LogP contribution in [-0.2, 0) is 19.6 Å². The Balaban J connectivity index is 1.93. The number of hydrogen-bond acceptors (Lipinski definition) is 3. The molecule has 0 aliphatic carbocycles. The topological polar surface area (TPSA) is 34.1 Å². The predicted octanol–water partition coefficient (Wildman–Crippen LogP) is 3.33. The Morgan fingerprint density at radius 2 is 1.95 bits per heavy atom. The van der Waals surface area contributed by atoms with E-state index in [9.17, 15) is 0 Å². The molecule has 20 heavy (non-hydrogen) atoms. The molecule has 1 N–H and O–H groups in total. The molecule has 0 fully saturated rings. The fraction of sp³-hybridized carbons (Fsp3) is 0.353. The average molecular weight is 270 g/mol. The SMILES string of the molecule is CCNCc1ccc(COc2ccccc2CC)nc1. The van der Waals surface area contributed by atoms with Gasteiger partial charge in [-0.15, -0.1) is 0 Å². The zero-order chi connectivity index (χ0) is 14.2. The smallest absolute Gasteiger partial charge is 0.130 e. The van der Waals surface area contributed by atoms with Gasteiger partial charge in [0.2, 0.25) is 0 Å². The molecule has 0 unspecified atom stereocenters. The summed E-state index contributed by atoms with van der Waals surface area (Å²) in [4.78, 5) is 4.44. The number of nitrogens with zero attached hydrogens (tertiary/aromatic N) is 1. The number of para-hydroxylation sites is 1. The molecule has 0 aliphatic heterocycles. The van der Waals surface area contributed by atoms with E-state index in [1.54, 1.807) is 0 Å². The molecule has 1 aromatic carbocycles. The number of nitrogens with one attached hydrogen (secondary N) is 1. The maximum Gasteiger partial charge on any atom is 0.130 e. The number of aromatic nitrogens is 1. The van der Waals surface area contributed by atoms with Crippen molar-refractivity contribution in [3.05, 3.63) is 59.4 Å². The molecule has 0 bridgehead atoms. The van der Waals surface area contributed by atoms with Gasteiger partial charge in [-0.25, -0.2) is 0 Å². The molecule has 3 nitrogen and oxygen atoms in total. The maximum atomic E-state index is 5.86. The van der Waals surface area contributed by atoms with Crippen LogP contribution in [0.3, 0.4) is 0 Å². The van der Waals surface area contributed by atoms with Gasteiger partial charge in [-0.2, -0.15) is 0 Å². The number of benzene rings is 1. The number of ether oxygens (including phenoxy) is 1. The highest BCUT2D eigenvalue weighted by Gasteiger charge is 2.02. The fourth-order valence-electron chi connectivity index (χ4n) is 2.00. The molecule has 0 radical (unpaired) electrons. The van der Waals surface area contributed by atoms with Crippen molar-refractivity contribution in [2.75, 3.05) is 6.54 Å². The Bertz CT molecular complexity index is 523. The van der Waals surface area contributed by atoms with Gasteiger partial charge in [0.25, 0.3) is 0 Å². The van der Waals surface area contributed by atoms with Crippen LogP contribution in [0.15, 0.2) is 42.6 Å². The van der Waals surface area contributed by atoms with Gasteiger partial charge in [-0.05, 0) is 36.2 Å². The molecule has 0 saturated heterocycles. The van der Waals surface area contributed by atoms with E-state index < -0.39 is 0 Å². The first-order valence-corrected chi connectivity index (χ1v) is 7.18. The van der Waals surface area contributed by atoms with Gasteiger partial charge in [-0.1, -0.05) is 38.1 Å². The van der Waals surface area contributed by atoms with Crippen LogP contribution in [0, 0.1) is 0 Å². The van der Waals surface area contributed by atoms with E-state index in [1.165, 1.54) is 11.1 Å². The van der Waals surface area contributed by atoms with Crippen molar-refractivity contribution in [1.29, 1.82) is 0 Å². The summed E-state index contributed by atoms with van der Waals surface area (Å²) in [5.74, 6) is 0.952. The Hall–Kier alpha value is -1.87. The third-order valence-corrected chi connectivity index (χ3v) is 3.19. The molecule has 0 atom stereocenters. The first-order chi connectivity index (χ1) is 9.83. The lowest BCUT2D eigenvalue weighted by Crippen LogP contribution is -2.12. The van der Waals surface area contributed by atoms with Crippen LogP contribution < -0.4 is 10.1 Å². The first-order valence-electron chi connectivity index (χ1n) is 7.18. The Kier molecular flexibility index (Phi) is 5.56. The molecule has 2 rings (SSSR count). The molecule has 0 spiro atoms. The highest BCUT2D eigenvalue weighted by molar-refractivity contribution is 5.33. The summed E-state index contributed by atoms with van der Waals surface area (Å²) in [5.41, 5.74) is 3.39. The second-order valence-corrected chi connectivity index (χ2v) is 4.69. The molecule has 106 valence electrons. The van der Waals surface area contributed by atoms with E-state index in [4.69, 9.17) is 4.74 Å². The monoisotopic (exact) mass is 270 g/mol. The fourth-order valence-corrected chi connectivity index (χ4v) is 2.00. The van der Waals surface area contributed by atoms with Gasteiger partial charge >= 0.3 is 0 Å². The molecule has 0 aliphatic rings. The molecule has 1 aromatic heterocycles. The third-order valence-electron chi connectivity index (χ3n) is 3.19. The van der Waals surface area contributed by atoms with Crippen LogP contribution in [0.4, 0.5) is 0 Å². The largest absolute Gasteiger partial charge is 0.487 e. The first kappa shape index (κ1) is 14.5. The zero-order valence-electron chi connectivity index (χ0n) is 12.2. The minimum absolute atomic E-state index is 0.512. The summed E-state index contributed by atoms with van der Waals surface area (Å²) in [6, 6.07) is 12.3. The summed E-state index contributed by atoms with van der Waals surface area (Å²) in [7, 11) is 0. The van der Waals surface area contributed by atoms with Crippen LogP contribution >= 0.6 is 0 Å². The normalized spacial score (nSPS) is 10.5.